The van der Waals surface area contributed by atoms with E-state index in [4.69, 9.17) is 10.5 Å². The molecule has 1 atom stereocenters. The number of nitrogens with one attached hydrogen (secondary N) is 2. The molecule has 28 heavy (non-hydrogen) atoms. The molecule has 0 unspecified atom stereocenters. The van der Waals surface area contributed by atoms with Crippen LogP contribution in [0.1, 0.15) is 17.3 Å². The van der Waals surface area contributed by atoms with Gasteiger partial charge in [-0.15, -0.1) is 0 Å². The van der Waals surface area contributed by atoms with Crippen LogP contribution in [0.25, 0.3) is 0 Å². The van der Waals surface area contributed by atoms with E-state index in [-0.39, 0.29) is 22.7 Å². The zero-order valence-electron chi connectivity index (χ0n) is 14.6. The van der Waals surface area contributed by atoms with Gasteiger partial charge in [-0.3, -0.25) is 4.79 Å². The molecular formula is C18H17F2N3O5. The first-order chi connectivity index (χ1) is 13.3. The van der Waals surface area contributed by atoms with Gasteiger partial charge >= 0.3 is 18.6 Å². The van der Waals surface area contributed by atoms with Crippen LogP contribution in [-0.2, 0) is 9.53 Å². The summed E-state index contributed by atoms with van der Waals surface area (Å²) in [5, 5.41) is 4.67. The smallest absolute Gasteiger partial charge is 0.387 e. The molecule has 3 amide bonds. The fraction of sp³-hybridized carbons (Fsp3) is 0.167. The number of rotatable bonds is 7. The summed E-state index contributed by atoms with van der Waals surface area (Å²) in [4.78, 5) is 35.3. The minimum absolute atomic E-state index is 0.00311. The molecule has 0 aliphatic carbocycles. The topological polar surface area (TPSA) is 120 Å². The molecule has 0 spiro atoms. The highest BCUT2D eigenvalue weighted by Crippen LogP contribution is 2.25. The van der Waals surface area contributed by atoms with E-state index in [1.165, 1.54) is 55.5 Å². The molecular weight excluding hydrogens is 376 g/mol. The molecule has 0 aliphatic heterocycles. The van der Waals surface area contributed by atoms with Crippen molar-refractivity contribution in [1.29, 1.82) is 0 Å². The number of carbonyl (C=O) groups excluding carboxylic acids is 3. The fourth-order valence-electron chi connectivity index (χ4n) is 2.15. The Morgan fingerprint density at radius 2 is 1.75 bits per heavy atom. The van der Waals surface area contributed by atoms with Crippen LogP contribution >= 0.6 is 0 Å². The number of para-hydroxylation sites is 2. The van der Waals surface area contributed by atoms with E-state index in [2.05, 4.69) is 15.4 Å². The molecule has 2 aromatic carbocycles. The minimum atomic E-state index is -3.06. The first kappa shape index (κ1) is 20.6. The van der Waals surface area contributed by atoms with E-state index in [1.807, 2.05) is 0 Å². The molecule has 148 valence electrons. The van der Waals surface area contributed by atoms with Crippen molar-refractivity contribution in [3.63, 3.8) is 0 Å². The summed E-state index contributed by atoms with van der Waals surface area (Å²) in [7, 11) is 0. The predicted octanol–water partition coefficient (Wildman–Crippen LogP) is 2.96. The Balaban J connectivity index is 2.03. The van der Waals surface area contributed by atoms with Crippen LogP contribution in [0.15, 0.2) is 48.5 Å². The van der Waals surface area contributed by atoms with Gasteiger partial charge in [0.25, 0.3) is 5.91 Å². The van der Waals surface area contributed by atoms with Gasteiger partial charge in [-0.05, 0) is 37.3 Å². The SMILES string of the molecule is C[C@@H](OC(=O)c1cccc(NC(N)=O)c1)C(=O)Nc1ccccc1OC(F)F. The number of hydrogen-bond acceptors (Lipinski definition) is 5. The van der Waals surface area contributed by atoms with Gasteiger partial charge in [-0.25, -0.2) is 9.59 Å². The Hall–Kier alpha value is -3.69. The number of carbonyl (C=O) groups is 3. The van der Waals surface area contributed by atoms with Gasteiger partial charge in [0.05, 0.1) is 11.3 Å². The second kappa shape index (κ2) is 9.31. The van der Waals surface area contributed by atoms with Crippen molar-refractivity contribution < 1.29 is 32.6 Å². The quantitative estimate of drug-likeness (QED) is 0.625. The lowest BCUT2D eigenvalue weighted by molar-refractivity contribution is -0.123. The number of primary amides is 1. The highest BCUT2D eigenvalue weighted by atomic mass is 19.3. The molecule has 4 N–H and O–H groups in total. The first-order valence-electron chi connectivity index (χ1n) is 7.98. The van der Waals surface area contributed by atoms with Crippen LogP contribution in [0.2, 0.25) is 0 Å². The Kier molecular flexibility index (Phi) is 6.85. The molecule has 2 rings (SSSR count). The van der Waals surface area contributed by atoms with Gasteiger partial charge in [0, 0.05) is 5.69 Å². The van der Waals surface area contributed by atoms with Crippen LogP contribution in [0.4, 0.5) is 25.0 Å². The van der Waals surface area contributed by atoms with E-state index in [9.17, 15) is 23.2 Å². The number of ether oxygens (including phenoxy) is 2. The summed E-state index contributed by atoms with van der Waals surface area (Å²) < 4.78 is 34.2. The maximum absolute atomic E-state index is 12.4. The Morgan fingerprint density at radius 1 is 1.04 bits per heavy atom. The number of amides is 3. The summed E-state index contributed by atoms with van der Waals surface area (Å²) in [6.45, 7) is -1.75. The van der Waals surface area contributed by atoms with Crippen molar-refractivity contribution in [3.8, 4) is 5.75 Å². The van der Waals surface area contributed by atoms with Crippen molar-refractivity contribution >= 4 is 29.3 Å². The zero-order chi connectivity index (χ0) is 20.7. The average molecular weight is 393 g/mol. The highest BCUT2D eigenvalue weighted by molar-refractivity contribution is 5.98. The zero-order valence-corrected chi connectivity index (χ0v) is 14.6. The Labute approximate surface area is 158 Å². The van der Waals surface area contributed by atoms with Gasteiger partial charge in [0.15, 0.2) is 6.10 Å². The lowest BCUT2D eigenvalue weighted by atomic mass is 10.2. The van der Waals surface area contributed by atoms with Crippen LogP contribution in [0.5, 0.6) is 5.75 Å². The molecule has 0 saturated carbocycles. The molecule has 10 heteroatoms. The summed E-state index contributed by atoms with van der Waals surface area (Å²) in [5.74, 6) is -1.80. The number of alkyl halides is 2. The monoisotopic (exact) mass is 393 g/mol. The molecule has 0 saturated heterocycles. The molecule has 0 radical (unpaired) electrons. The van der Waals surface area contributed by atoms with Gasteiger partial charge in [-0.2, -0.15) is 8.78 Å². The van der Waals surface area contributed by atoms with Gasteiger partial charge in [0.2, 0.25) is 0 Å². The standard InChI is InChI=1S/C18H17F2N3O5/c1-10(15(24)23-13-7-2-3-8-14(13)28-17(19)20)27-16(25)11-5-4-6-12(9-11)22-18(21)26/h2-10,17H,1H3,(H,23,24)(H3,21,22,26)/t10-/m1/s1. The summed E-state index contributed by atoms with van der Waals surface area (Å²) in [6, 6.07) is 10.5. The fourth-order valence-corrected chi connectivity index (χ4v) is 2.15. The van der Waals surface area contributed by atoms with Crippen LogP contribution in [0, 0.1) is 0 Å². The van der Waals surface area contributed by atoms with Crippen LogP contribution in [0.3, 0.4) is 0 Å². The minimum Gasteiger partial charge on any atom is -0.449 e. The third-order valence-corrected chi connectivity index (χ3v) is 3.38. The number of hydrogen-bond donors (Lipinski definition) is 3. The Bertz CT molecular complexity index is 876. The van der Waals surface area contributed by atoms with E-state index >= 15 is 0 Å². The molecule has 0 heterocycles. The maximum Gasteiger partial charge on any atom is 0.387 e. The van der Waals surface area contributed by atoms with Gasteiger partial charge < -0.3 is 25.8 Å². The van der Waals surface area contributed by atoms with Crippen molar-refractivity contribution in [2.45, 2.75) is 19.6 Å². The number of halogens is 2. The summed E-state index contributed by atoms with van der Waals surface area (Å²) in [5.41, 5.74) is 5.36. The van der Waals surface area contributed by atoms with E-state index in [0.29, 0.717) is 0 Å². The third-order valence-electron chi connectivity index (χ3n) is 3.38. The van der Waals surface area contributed by atoms with Crippen molar-refractivity contribution in [2.24, 2.45) is 5.73 Å². The first-order valence-corrected chi connectivity index (χ1v) is 7.98. The number of benzene rings is 2. The number of nitrogens with two attached hydrogens (primary N) is 1. The lowest BCUT2D eigenvalue weighted by Gasteiger charge is -2.16. The number of anilines is 2. The molecule has 0 aliphatic rings. The van der Waals surface area contributed by atoms with Crippen LogP contribution in [-0.4, -0.2) is 30.6 Å². The summed E-state index contributed by atoms with van der Waals surface area (Å²) >= 11 is 0. The predicted molar refractivity (Wildman–Crippen MR) is 96.2 cm³/mol. The van der Waals surface area contributed by atoms with Crippen LogP contribution < -0.4 is 21.1 Å². The van der Waals surface area contributed by atoms with E-state index in [0.717, 1.165) is 0 Å². The second-order valence-corrected chi connectivity index (χ2v) is 5.48. The number of urea groups is 1. The molecule has 0 fully saturated rings. The maximum atomic E-state index is 12.4. The second-order valence-electron chi connectivity index (χ2n) is 5.48. The third kappa shape index (κ3) is 5.94. The van der Waals surface area contributed by atoms with Crippen molar-refractivity contribution in [2.75, 3.05) is 10.6 Å². The highest BCUT2D eigenvalue weighted by Gasteiger charge is 2.21. The molecule has 0 bridgehead atoms. The Morgan fingerprint density at radius 3 is 2.43 bits per heavy atom. The van der Waals surface area contributed by atoms with Gasteiger partial charge in [0.1, 0.15) is 5.75 Å². The lowest BCUT2D eigenvalue weighted by Crippen LogP contribution is -2.30. The molecule has 2 aromatic rings. The molecule has 8 nitrogen and oxygen atoms in total. The normalized spacial score (nSPS) is 11.4. The molecule has 0 aromatic heterocycles. The van der Waals surface area contributed by atoms with E-state index < -0.39 is 30.6 Å². The van der Waals surface area contributed by atoms with E-state index in [1.54, 1.807) is 0 Å². The number of esters is 1. The van der Waals surface area contributed by atoms with Crippen molar-refractivity contribution in [1.82, 2.24) is 0 Å². The largest absolute Gasteiger partial charge is 0.449 e. The van der Waals surface area contributed by atoms with Crippen molar-refractivity contribution in [3.05, 3.63) is 54.1 Å². The average Bonchev–Trinajstić information content (AvgIpc) is 2.62. The van der Waals surface area contributed by atoms with Gasteiger partial charge in [-0.1, -0.05) is 18.2 Å². The summed E-state index contributed by atoms with van der Waals surface area (Å²) in [6.07, 6.45) is -1.24.